The van der Waals surface area contributed by atoms with E-state index in [9.17, 15) is 4.79 Å². The molecule has 0 fully saturated rings. The van der Waals surface area contributed by atoms with Gasteiger partial charge in [-0.15, -0.1) is 0 Å². The van der Waals surface area contributed by atoms with Gasteiger partial charge < -0.3 is 43.1 Å². The maximum Gasteiger partial charge on any atom is 2.00 e. The number of hydrogen-bond donors (Lipinski definition) is 1. The molecule has 0 unspecified atom stereocenters. The predicted molar refractivity (Wildman–Crippen MR) is 46.1 cm³/mol. The quantitative estimate of drug-likeness (QED) is 0.519. The first kappa shape index (κ1) is 60.7. The maximum atomic E-state index is 9.38. The molecule has 0 aliphatic carbocycles. The van der Waals surface area contributed by atoms with E-state index in [1.165, 1.54) is 0 Å². The first-order chi connectivity index (χ1) is 2.77. The molecule has 0 aromatic carbocycles. The smallest absolute Gasteiger partial charge is 0.450 e. The largest absolute Gasteiger partial charge is 2.00 e. The van der Waals surface area contributed by atoms with Crippen molar-refractivity contribution >= 4 is 6.16 Å². The van der Waals surface area contributed by atoms with Crippen molar-refractivity contribution in [3.63, 3.8) is 0 Å². The van der Waals surface area contributed by atoms with Crippen molar-refractivity contribution in [3.05, 3.63) is 22.3 Å². The van der Waals surface area contributed by atoms with E-state index in [1.54, 1.807) is 6.92 Å². The van der Waals surface area contributed by atoms with Crippen molar-refractivity contribution < 1.29 is 42.4 Å². The van der Waals surface area contributed by atoms with Crippen molar-refractivity contribution in [2.24, 2.45) is 0 Å². The van der Waals surface area contributed by atoms with Gasteiger partial charge in [0, 0.05) is 0 Å². The monoisotopic (exact) mass is 230 g/mol. The van der Waals surface area contributed by atoms with Crippen LogP contribution >= 0.6 is 0 Å². The minimum atomic E-state index is -1.21. The molecule has 0 aromatic heterocycles. The van der Waals surface area contributed by atoms with Gasteiger partial charge in [0.05, 0.1) is 6.61 Å². The molecule has 0 aliphatic rings. The zero-order valence-corrected chi connectivity index (χ0v) is 8.85. The average Bonchev–Trinajstić information content (AvgIpc) is 1.35. The molecular formula is C6H19CoO5-. The van der Waals surface area contributed by atoms with Gasteiger partial charge in [-0.05, 0) is 6.92 Å². The van der Waals surface area contributed by atoms with Crippen molar-refractivity contribution in [1.82, 2.24) is 0 Å². The second-order valence-corrected chi connectivity index (χ2v) is 0.699. The van der Waals surface area contributed by atoms with Crippen molar-refractivity contribution in [1.29, 1.82) is 0 Å². The Hall–Kier alpha value is -0.304. The van der Waals surface area contributed by atoms with Gasteiger partial charge in [-0.3, -0.25) is 0 Å². The molecule has 0 saturated heterocycles. The molecule has 0 heterocycles. The average molecular weight is 230 g/mol. The third-order valence-electron chi connectivity index (χ3n) is 0.268. The Morgan fingerprint density at radius 1 is 1.25 bits per heavy atom. The van der Waals surface area contributed by atoms with Crippen LogP contribution in [0, 0.1) is 22.3 Å². The van der Waals surface area contributed by atoms with Gasteiger partial charge in [0.1, 0.15) is 0 Å². The van der Waals surface area contributed by atoms with Gasteiger partial charge in [-0.2, -0.15) is 0 Å². The van der Waals surface area contributed by atoms with E-state index >= 15 is 0 Å². The Balaban J connectivity index is -0.00000000833. The summed E-state index contributed by atoms with van der Waals surface area (Å²) in [5, 5.41) is 7.69. The van der Waals surface area contributed by atoms with E-state index in [4.69, 9.17) is 5.11 Å². The summed E-state index contributed by atoms with van der Waals surface area (Å²) in [4.78, 5) is 9.38. The Morgan fingerprint density at radius 2 is 1.50 bits per heavy atom. The Morgan fingerprint density at radius 3 is 1.50 bits per heavy atom. The van der Waals surface area contributed by atoms with Crippen LogP contribution in [0.15, 0.2) is 0 Å². The standard InChI is InChI=1S/C3H6O3.3CH3.Co.2H2O/c1-2-6-3(4)5;;;;;;/h2H2,1H3,(H,4,5);3*1H3;;2*1H2/q;3*-1;+2;;. The van der Waals surface area contributed by atoms with Gasteiger partial charge >= 0.3 is 22.9 Å². The van der Waals surface area contributed by atoms with Crippen LogP contribution in [0.5, 0.6) is 0 Å². The molecule has 0 aromatic rings. The summed E-state index contributed by atoms with van der Waals surface area (Å²) in [5.74, 6) is 0. The zero-order chi connectivity index (χ0) is 4.99. The molecular weight excluding hydrogens is 211 g/mol. The summed E-state index contributed by atoms with van der Waals surface area (Å²) in [6, 6.07) is 0. The minimum absolute atomic E-state index is 0. The fraction of sp³-hybridized carbons (Fsp3) is 0.333. The van der Waals surface area contributed by atoms with E-state index in [1.807, 2.05) is 0 Å². The van der Waals surface area contributed by atoms with Crippen LogP contribution in [0.4, 0.5) is 4.79 Å². The second-order valence-electron chi connectivity index (χ2n) is 0.699. The van der Waals surface area contributed by atoms with Gasteiger partial charge in [-0.1, -0.05) is 0 Å². The molecule has 0 bridgehead atoms. The fourth-order valence-electron chi connectivity index (χ4n) is 0.123. The van der Waals surface area contributed by atoms with E-state index in [-0.39, 0.29) is 56.6 Å². The zero-order valence-electron chi connectivity index (χ0n) is 7.80. The molecule has 6 heteroatoms. The van der Waals surface area contributed by atoms with Crippen molar-refractivity contribution in [3.8, 4) is 0 Å². The maximum absolute atomic E-state index is 9.38. The van der Waals surface area contributed by atoms with E-state index in [0.29, 0.717) is 0 Å². The molecule has 0 amide bonds. The van der Waals surface area contributed by atoms with Gasteiger partial charge in [0.2, 0.25) is 0 Å². The molecule has 5 N–H and O–H groups in total. The molecule has 0 saturated carbocycles. The first-order valence-corrected chi connectivity index (χ1v) is 1.63. The molecule has 0 aliphatic heterocycles. The molecule has 5 nitrogen and oxygen atoms in total. The van der Waals surface area contributed by atoms with Crippen LogP contribution in [0.25, 0.3) is 0 Å². The summed E-state index contributed by atoms with van der Waals surface area (Å²) in [7, 11) is 0. The van der Waals surface area contributed by atoms with Crippen LogP contribution in [0.1, 0.15) is 6.92 Å². The van der Waals surface area contributed by atoms with Gasteiger partial charge in [0.15, 0.2) is 0 Å². The summed E-state index contributed by atoms with van der Waals surface area (Å²) in [6.07, 6.45) is -1.21. The Kier molecular flexibility index (Phi) is 231. The molecule has 0 rings (SSSR count). The van der Waals surface area contributed by atoms with Crippen LogP contribution in [-0.2, 0) is 21.5 Å². The number of rotatable bonds is 1. The minimum Gasteiger partial charge on any atom is -0.450 e. The third kappa shape index (κ3) is 101. The number of carbonyl (C=O) groups is 1. The first-order valence-electron chi connectivity index (χ1n) is 1.63. The van der Waals surface area contributed by atoms with E-state index in [2.05, 4.69) is 4.74 Å². The number of hydrogen-bond acceptors (Lipinski definition) is 2. The molecule has 83 valence electrons. The molecule has 0 atom stereocenters. The SMILES string of the molecule is CCOC(=O)O.O.O.[CH3-].[CH3-].[CH3-].[Co+2]. The summed E-state index contributed by atoms with van der Waals surface area (Å²) in [6.45, 7) is 1.85. The van der Waals surface area contributed by atoms with Crippen molar-refractivity contribution in [2.45, 2.75) is 6.92 Å². The van der Waals surface area contributed by atoms with Gasteiger partial charge in [0.25, 0.3) is 0 Å². The van der Waals surface area contributed by atoms with E-state index < -0.39 is 6.16 Å². The summed E-state index contributed by atoms with van der Waals surface area (Å²) >= 11 is 0. The number of carboxylic acid groups (broad SMARTS) is 1. The fourth-order valence-corrected chi connectivity index (χ4v) is 0.123. The Labute approximate surface area is 84.9 Å². The predicted octanol–water partition coefficient (Wildman–Crippen LogP) is 0.400. The van der Waals surface area contributed by atoms with Crippen LogP contribution < -0.4 is 0 Å². The summed E-state index contributed by atoms with van der Waals surface area (Å²) < 4.78 is 3.96. The number of ether oxygens (including phenoxy) is 1. The molecule has 0 spiro atoms. The van der Waals surface area contributed by atoms with Crippen molar-refractivity contribution in [2.75, 3.05) is 6.61 Å². The second kappa shape index (κ2) is 45.6. The van der Waals surface area contributed by atoms with Crippen LogP contribution in [0.3, 0.4) is 0 Å². The van der Waals surface area contributed by atoms with E-state index in [0.717, 1.165) is 0 Å². The molecule has 1 radical (unpaired) electrons. The summed E-state index contributed by atoms with van der Waals surface area (Å²) in [5.41, 5.74) is 0. The van der Waals surface area contributed by atoms with Gasteiger partial charge in [-0.25, -0.2) is 4.79 Å². The topological polar surface area (TPSA) is 110 Å². The van der Waals surface area contributed by atoms with Crippen LogP contribution in [0.2, 0.25) is 0 Å². The Bertz CT molecular complexity index is 59.9. The normalized spacial score (nSPS) is 3.75. The van der Waals surface area contributed by atoms with Crippen LogP contribution in [-0.4, -0.2) is 28.8 Å². The third-order valence-corrected chi connectivity index (χ3v) is 0.268. The molecule has 12 heavy (non-hydrogen) atoms.